The summed E-state index contributed by atoms with van der Waals surface area (Å²) in [5.41, 5.74) is 3.49. The summed E-state index contributed by atoms with van der Waals surface area (Å²) in [5.74, 6) is 0.542. The summed E-state index contributed by atoms with van der Waals surface area (Å²) in [4.78, 5) is 12.6. The van der Waals surface area contributed by atoms with Crippen molar-refractivity contribution in [3.8, 4) is 11.5 Å². The Labute approximate surface area is 217 Å². The zero-order valence-electron chi connectivity index (χ0n) is 17.9. The van der Waals surface area contributed by atoms with Crippen molar-refractivity contribution in [1.82, 2.24) is 9.73 Å². The van der Waals surface area contributed by atoms with E-state index in [0.29, 0.717) is 32.7 Å². The van der Waals surface area contributed by atoms with Crippen molar-refractivity contribution in [3.05, 3.63) is 86.9 Å². The standard InChI is InChI=1S/C23H18Cl3N3O5S/c24-17-4-6-19(7-5-17)35(31,32)29(12-16-2-3-18(25)10-20(16)26)13-23(30)28-27-11-15-1-8-21-22(9-15)34-14-33-21/h1-11H,12-14H2,(H,28,30)/b27-11-. The van der Waals surface area contributed by atoms with E-state index in [9.17, 15) is 13.2 Å². The number of benzene rings is 3. The maximum Gasteiger partial charge on any atom is 0.255 e. The summed E-state index contributed by atoms with van der Waals surface area (Å²) >= 11 is 18.1. The lowest BCUT2D eigenvalue weighted by molar-refractivity contribution is -0.121. The van der Waals surface area contributed by atoms with Crippen LogP contribution in [0.3, 0.4) is 0 Å². The fourth-order valence-corrected chi connectivity index (χ4v) is 5.16. The van der Waals surface area contributed by atoms with Crippen LogP contribution in [-0.4, -0.2) is 38.2 Å². The van der Waals surface area contributed by atoms with E-state index in [1.807, 2.05) is 0 Å². The average molecular weight is 555 g/mol. The summed E-state index contributed by atoms with van der Waals surface area (Å²) in [6, 6.07) is 15.5. The molecule has 0 aromatic heterocycles. The highest BCUT2D eigenvalue weighted by molar-refractivity contribution is 7.89. The first-order valence-electron chi connectivity index (χ1n) is 10.1. The number of fused-ring (bicyclic) bond motifs is 1. The van der Waals surface area contributed by atoms with Crippen molar-refractivity contribution < 1.29 is 22.7 Å². The first-order chi connectivity index (χ1) is 16.7. The Balaban J connectivity index is 1.52. The number of halogens is 3. The molecule has 0 atom stereocenters. The van der Waals surface area contributed by atoms with E-state index in [1.54, 1.807) is 30.3 Å². The molecule has 12 heteroatoms. The summed E-state index contributed by atoms with van der Waals surface area (Å²) in [6.07, 6.45) is 1.41. The van der Waals surface area contributed by atoms with Gasteiger partial charge in [-0.2, -0.15) is 9.41 Å². The van der Waals surface area contributed by atoms with E-state index in [4.69, 9.17) is 44.3 Å². The molecule has 0 aliphatic carbocycles. The van der Waals surface area contributed by atoms with Gasteiger partial charge in [-0.05, 0) is 65.7 Å². The molecule has 4 rings (SSSR count). The van der Waals surface area contributed by atoms with Gasteiger partial charge in [0, 0.05) is 21.6 Å². The number of hydrogen-bond acceptors (Lipinski definition) is 6. The molecule has 0 unspecified atom stereocenters. The van der Waals surface area contributed by atoms with Crippen LogP contribution in [0.25, 0.3) is 0 Å². The van der Waals surface area contributed by atoms with Crippen molar-refractivity contribution >= 4 is 56.9 Å². The molecule has 1 N–H and O–H groups in total. The topological polar surface area (TPSA) is 97.3 Å². The Morgan fingerprint density at radius 3 is 2.43 bits per heavy atom. The van der Waals surface area contributed by atoms with Crippen LogP contribution < -0.4 is 14.9 Å². The van der Waals surface area contributed by atoms with E-state index in [2.05, 4.69) is 10.5 Å². The second-order valence-electron chi connectivity index (χ2n) is 7.37. The minimum Gasteiger partial charge on any atom is -0.454 e. The number of ether oxygens (including phenoxy) is 2. The van der Waals surface area contributed by atoms with Crippen molar-refractivity contribution in [2.24, 2.45) is 5.10 Å². The highest BCUT2D eigenvalue weighted by Gasteiger charge is 2.27. The van der Waals surface area contributed by atoms with Crippen molar-refractivity contribution in [1.29, 1.82) is 0 Å². The fraction of sp³-hybridized carbons (Fsp3) is 0.130. The predicted molar refractivity (Wildman–Crippen MR) is 134 cm³/mol. The number of hydrazone groups is 1. The summed E-state index contributed by atoms with van der Waals surface area (Å²) in [6.45, 7) is -0.537. The maximum atomic E-state index is 13.3. The first kappa shape index (κ1) is 25.3. The molecule has 3 aromatic carbocycles. The molecule has 0 radical (unpaired) electrons. The van der Waals surface area contributed by atoms with Gasteiger partial charge in [0.15, 0.2) is 11.5 Å². The van der Waals surface area contributed by atoms with Crippen LogP contribution in [0.5, 0.6) is 11.5 Å². The van der Waals surface area contributed by atoms with Crippen molar-refractivity contribution in [3.63, 3.8) is 0 Å². The van der Waals surface area contributed by atoms with Gasteiger partial charge in [0.2, 0.25) is 16.8 Å². The third-order valence-electron chi connectivity index (χ3n) is 4.93. The monoisotopic (exact) mass is 553 g/mol. The lowest BCUT2D eigenvalue weighted by Gasteiger charge is -2.22. The minimum atomic E-state index is -4.08. The molecule has 1 aliphatic heterocycles. The third-order valence-corrected chi connectivity index (χ3v) is 7.58. The van der Waals surface area contributed by atoms with E-state index >= 15 is 0 Å². The van der Waals surface area contributed by atoms with Crippen LogP contribution in [0.15, 0.2) is 70.7 Å². The Hall–Kier alpha value is -2.82. The molecule has 0 bridgehead atoms. The van der Waals surface area contributed by atoms with Crippen molar-refractivity contribution in [2.75, 3.05) is 13.3 Å². The van der Waals surface area contributed by atoms with Crippen LogP contribution in [0, 0.1) is 0 Å². The number of carbonyl (C=O) groups excluding carboxylic acids is 1. The number of sulfonamides is 1. The molecule has 1 amide bonds. The zero-order chi connectivity index (χ0) is 25.0. The summed E-state index contributed by atoms with van der Waals surface area (Å²) < 4.78 is 38.2. The number of nitrogens with one attached hydrogen (secondary N) is 1. The molecule has 8 nitrogen and oxygen atoms in total. The molecule has 0 saturated carbocycles. The number of hydrogen-bond donors (Lipinski definition) is 1. The van der Waals surface area contributed by atoms with Gasteiger partial charge in [0.05, 0.1) is 17.7 Å². The van der Waals surface area contributed by atoms with Crippen molar-refractivity contribution in [2.45, 2.75) is 11.4 Å². The van der Waals surface area contributed by atoms with Crippen LogP contribution in [-0.2, 0) is 21.4 Å². The van der Waals surface area contributed by atoms with Crippen LogP contribution in [0.2, 0.25) is 15.1 Å². The van der Waals surface area contributed by atoms with Gasteiger partial charge in [-0.1, -0.05) is 40.9 Å². The van der Waals surface area contributed by atoms with E-state index in [1.165, 1.54) is 36.5 Å². The Bertz CT molecular complexity index is 1380. The molecule has 1 aliphatic rings. The smallest absolute Gasteiger partial charge is 0.255 e. The number of amides is 1. The highest BCUT2D eigenvalue weighted by Crippen LogP contribution is 2.32. The molecule has 1 heterocycles. The summed E-state index contributed by atoms with van der Waals surface area (Å²) in [7, 11) is -4.08. The van der Waals surface area contributed by atoms with Gasteiger partial charge in [-0.3, -0.25) is 4.79 Å². The van der Waals surface area contributed by atoms with E-state index in [-0.39, 0.29) is 23.3 Å². The van der Waals surface area contributed by atoms with Gasteiger partial charge < -0.3 is 9.47 Å². The van der Waals surface area contributed by atoms with Gasteiger partial charge in [0.25, 0.3) is 5.91 Å². The Morgan fingerprint density at radius 2 is 1.69 bits per heavy atom. The average Bonchev–Trinajstić information content (AvgIpc) is 3.28. The van der Waals surface area contributed by atoms with E-state index in [0.717, 1.165) is 4.31 Å². The molecule has 182 valence electrons. The van der Waals surface area contributed by atoms with Gasteiger partial charge in [-0.25, -0.2) is 13.8 Å². The molecule has 0 spiro atoms. The Morgan fingerprint density at radius 1 is 0.971 bits per heavy atom. The van der Waals surface area contributed by atoms with Gasteiger partial charge >= 0.3 is 0 Å². The molecular formula is C23H18Cl3N3O5S. The first-order valence-corrected chi connectivity index (χ1v) is 12.7. The molecular weight excluding hydrogens is 537 g/mol. The third kappa shape index (κ3) is 6.25. The van der Waals surface area contributed by atoms with Crippen LogP contribution >= 0.6 is 34.8 Å². The number of rotatable bonds is 8. The quantitative estimate of drug-likeness (QED) is 0.321. The highest BCUT2D eigenvalue weighted by atomic mass is 35.5. The maximum absolute atomic E-state index is 13.3. The molecule has 0 saturated heterocycles. The normalized spacial score (nSPS) is 12.9. The molecule has 35 heavy (non-hydrogen) atoms. The fourth-order valence-electron chi connectivity index (χ4n) is 3.19. The number of nitrogens with zero attached hydrogens (tertiary/aromatic N) is 2. The zero-order valence-corrected chi connectivity index (χ0v) is 21.0. The molecule has 3 aromatic rings. The second kappa shape index (κ2) is 10.8. The van der Waals surface area contributed by atoms with Gasteiger partial charge in [0.1, 0.15) is 0 Å². The lowest BCUT2D eigenvalue weighted by Crippen LogP contribution is -2.39. The molecule has 0 fully saturated rings. The SMILES string of the molecule is O=C(CN(Cc1ccc(Cl)cc1Cl)S(=O)(=O)c1ccc(Cl)cc1)N/N=C\c1ccc2c(c1)OCO2. The second-order valence-corrected chi connectivity index (χ2v) is 10.6. The summed E-state index contributed by atoms with van der Waals surface area (Å²) in [5, 5.41) is 4.98. The predicted octanol–water partition coefficient (Wildman–Crippen LogP) is 4.72. The van der Waals surface area contributed by atoms with Gasteiger partial charge in [-0.15, -0.1) is 0 Å². The lowest BCUT2D eigenvalue weighted by atomic mass is 10.2. The Kier molecular flexibility index (Phi) is 7.83. The largest absolute Gasteiger partial charge is 0.454 e. The number of carbonyl (C=O) groups is 1. The van der Waals surface area contributed by atoms with Crippen LogP contribution in [0.1, 0.15) is 11.1 Å². The van der Waals surface area contributed by atoms with E-state index < -0.39 is 22.5 Å². The minimum absolute atomic E-state index is 0.0244. The van der Waals surface area contributed by atoms with Crippen LogP contribution in [0.4, 0.5) is 0 Å².